The van der Waals surface area contributed by atoms with Crippen LogP contribution in [0, 0.1) is 11.8 Å². The molecule has 0 spiro atoms. The third kappa shape index (κ3) is 2.26. The van der Waals surface area contributed by atoms with Gasteiger partial charge in [-0.25, -0.2) is 4.98 Å². The van der Waals surface area contributed by atoms with Gasteiger partial charge >= 0.3 is 0 Å². The molecule has 1 aliphatic carbocycles. The van der Waals surface area contributed by atoms with Crippen LogP contribution in [-0.2, 0) is 0 Å². The van der Waals surface area contributed by atoms with Crippen LogP contribution < -0.4 is 10.6 Å². The van der Waals surface area contributed by atoms with E-state index in [9.17, 15) is 4.79 Å². The van der Waals surface area contributed by atoms with E-state index in [0.29, 0.717) is 22.5 Å². The van der Waals surface area contributed by atoms with E-state index in [1.54, 1.807) is 6.07 Å². The molecule has 4 nitrogen and oxygen atoms in total. The minimum absolute atomic E-state index is 0.367. The summed E-state index contributed by atoms with van der Waals surface area (Å²) in [6.45, 7) is 3.31. The van der Waals surface area contributed by atoms with E-state index in [1.807, 2.05) is 0 Å². The number of primary amides is 1. The van der Waals surface area contributed by atoms with Crippen molar-refractivity contribution in [3.05, 3.63) is 22.8 Å². The molecule has 2 fully saturated rings. The van der Waals surface area contributed by atoms with Crippen LogP contribution in [0.25, 0.3) is 0 Å². The Bertz CT molecular complexity index is 534. The summed E-state index contributed by atoms with van der Waals surface area (Å²) in [5.41, 5.74) is 5.63. The first-order valence-electron chi connectivity index (χ1n) is 7.30. The molecule has 20 heavy (non-hydrogen) atoms. The molecule has 2 aliphatic rings. The minimum Gasteiger partial charge on any atom is -0.366 e. The highest BCUT2D eigenvalue weighted by molar-refractivity contribution is 6.33. The van der Waals surface area contributed by atoms with Gasteiger partial charge in [0, 0.05) is 18.8 Å². The Morgan fingerprint density at radius 3 is 2.90 bits per heavy atom. The van der Waals surface area contributed by atoms with Crippen molar-refractivity contribution in [2.24, 2.45) is 17.6 Å². The first-order valence-corrected chi connectivity index (χ1v) is 7.67. The number of nitrogens with zero attached hydrogens (tertiary/aromatic N) is 2. The molecule has 1 aliphatic heterocycles. The number of amides is 1. The molecular formula is C15H20ClN3O. The van der Waals surface area contributed by atoms with Gasteiger partial charge in [0.15, 0.2) is 0 Å². The van der Waals surface area contributed by atoms with E-state index in [1.165, 1.54) is 31.9 Å². The average molecular weight is 294 g/mol. The first kappa shape index (κ1) is 13.7. The van der Waals surface area contributed by atoms with Gasteiger partial charge in [-0.05, 0) is 30.7 Å². The SMILES string of the molecule is CC1CN(c2ncc(C(N)=O)cc2Cl)C2CCCCC12. The maximum absolute atomic E-state index is 11.2. The number of carbonyl (C=O) groups excluding carboxylic acids is 1. The van der Waals surface area contributed by atoms with Gasteiger partial charge < -0.3 is 10.6 Å². The third-order valence-corrected chi connectivity index (χ3v) is 5.05. The Morgan fingerprint density at radius 2 is 2.20 bits per heavy atom. The topological polar surface area (TPSA) is 59.2 Å². The number of nitrogens with two attached hydrogens (primary N) is 1. The van der Waals surface area contributed by atoms with Crippen LogP contribution in [0.1, 0.15) is 43.0 Å². The number of fused-ring (bicyclic) bond motifs is 1. The zero-order valence-corrected chi connectivity index (χ0v) is 12.4. The number of pyridine rings is 1. The Labute approximate surface area is 124 Å². The van der Waals surface area contributed by atoms with E-state index in [-0.39, 0.29) is 0 Å². The van der Waals surface area contributed by atoms with E-state index in [4.69, 9.17) is 17.3 Å². The van der Waals surface area contributed by atoms with Crippen LogP contribution in [0.3, 0.4) is 0 Å². The predicted octanol–water partition coefficient (Wildman–Crippen LogP) is 2.85. The number of hydrogen-bond donors (Lipinski definition) is 1. The number of carbonyl (C=O) groups is 1. The van der Waals surface area contributed by atoms with Crippen molar-refractivity contribution in [1.29, 1.82) is 0 Å². The second kappa shape index (κ2) is 5.24. The molecule has 2 heterocycles. The van der Waals surface area contributed by atoms with Gasteiger partial charge in [0.25, 0.3) is 0 Å². The Kier molecular flexibility index (Phi) is 3.59. The molecule has 5 heteroatoms. The number of aromatic nitrogens is 1. The highest BCUT2D eigenvalue weighted by atomic mass is 35.5. The van der Waals surface area contributed by atoms with Crippen molar-refractivity contribution in [2.45, 2.75) is 38.6 Å². The lowest BCUT2D eigenvalue weighted by Crippen LogP contribution is -2.35. The third-order valence-electron chi connectivity index (χ3n) is 4.78. The predicted molar refractivity (Wildman–Crippen MR) is 80.0 cm³/mol. The van der Waals surface area contributed by atoms with Gasteiger partial charge in [0.1, 0.15) is 5.82 Å². The van der Waals surface area contributed by atoms with Crippen molar-refractivity contribution in [1.82, 2.24) is 4.98 Å². The second-order valence-corrected chi connectivity index (χ2v) is 6.45. The molecular weight excluding hydrogens is 274 g/mol. The van der Waals surface area contributed by atoms with Crippen LogP contribution in [0.5, 0.6) is 0 Å². The highest BCUT2D eigenvalue weighted by Crippen LogP contribution is 2.42. The summed E-state index contributed by atoms with van der Waals surface area (Å²) in [6.07, 6.45) is 6.66. The molecule has 3 atom stereocenters. The normalized spacial score (nSPS) is 29.3. The van der Waals surface area contributed by atoms with Crippen LogP contribution in [0.15, 0.2) is 12.3 Å². The van der Waals surface area contributed by atoms with Gasteiger partial charge in [-0.3, -0.25) is 4.79 Å². The van der Waals surface area contributed by atoms with Crippen LogP contribution in [-0.4, -0.2) is 23.5 Å². The van der Waals surface area contributed by atoms with Crippen molar-refractivity contribution >= 4 is 23.3 Å². The number of hydrogen-bond acceptors (Lipinski definition) is 3. The average Bonchev–Trinajstić information content (AvgIpc) is 2.76. The van der Waals surface area contributed by atoms with Gasteiger partial charge in [-0.2, -0.15) is 0 Å². The molecule has 1 saturated carbocycles. The summed E-state index contributed by atoms with van der Waals surface area (Å²) >= 11 is 6.32. The fourth-order valence-electron chi connectivity index (χ4n) is 3.79. The summed E-state index contributed by atoms with van der Waals surface area (Å²) in [5.74, 6) is 1.74. The number of anilines is 1. The molecule has 1 aromatic rings. The van der Waals surface area contributed by atoms with Crippen LogP contribution in [0.4, 0.5) is 5.82 Å². The molecule has 2 N–H and O–H groups in total. The molecule has 1 amide bonds. The standard InChI is InChI=1S/C15H20ClN3O/c1-9-8-19(13-5-3-2-4-11(9)13)15-12(16)6-10(7-18-15)14(17)20/h6-7,9,11,13H,2-5,8H2,1H3,(H2,17,20). The zero-order valence-electron chi connectivity index (χ0n) is 11.7. The van der Waals surface area contributed by atoms with Crippen molar-refractivity contribution in [2.75, 3.05) is 11.4 Å². The van der Waals surface area contributed by atoms with E-state index in [0.717, 1.165) is 18.3 Å². The molecule has 1 saturated heterocycles. The summed E-state index contributed by atoms with van der Waals surface area (Å²) in [7, 11) is 0. The fourth-order valence-corrected chi connectivity index (χ4v) is 4.07. The summed E-state index contributed by atoms with van der Waals surface area (Å²) in [5, 5.41) is 0.528. The fraction of sp³-hybridized carbons (Fsp3) is 0.600. The van der Waals surface area contributed by atoms with Gasteiger partial charge in [-0.1, -0.05) is 31.4 Å². The molecule has 108 valence electrons. The van der Waals surface area contributed by atoms with E-state index >= 15 is 0 Å². The smallest absolute Gasteiger partial charge is 0.250 e. The lowest BCUT2D eigenvalue weighted by Gasteiger charge is -2.33. The van der Waals surface area contributed by atoms with Gasteiger partial charge in [0.05, 0.1) is 10.6 Å². The van der Waals surface area contributed by atoms with Crippen LogP contribution >= 0.6 is 11.6 Å². The van der Waals surface area contributed by atoms with Gasteiger partial charge in [-0.15, -0.1) is 0 Å². The summed E-state index contributed by atoms with van der Waals surface area (Å²) < 4.78 is 0. The quantitative estimate of drug-likeness (QED) is 0.912. The van der Waals surface area contributed by atoms with E-state index < -0.39 is 5.91 Å². The highest BCUT2D eigenvalue weighted by Gasteiger charge is 2.41. The van der Waals surface area contributed by atoms with E-state index in [2.05, 4.69) is 16.8 Å². The lowest BCUT2D eigenvalue weighted by atomic mass is 9.80. The second-order valence-electron chi connectivity index (χ2n) is 6.04. The first-order chi connectivity index (χ1) is 9.58. The number of rotatable bonds is 2. The molecule has 3 unspecified atom stereocenters. The molecule has 0 aromatic carbocycles. The number of halogens is 1. The Morgan fingerprint density at radius 1 is 1.45 bits per heavy atom. The molecule has 3 rings (SSSR count). The largest absolute Gasteiger partial charge is 0.366 e. The monoisotopic (exact) mass is 293 g/mol. The van der Waals surface area contributed by atoms with Crippen molar-refractivity contribution in [3.63, 3.8) is 0 Å². The summed E-state index contributed by atoms with van der Waals surface area (Å²) in [4.78, 5) is 17.9. The van der Waals surface area contributed by atoms with Crippen molar-refractivity contribution in [3.8, 4) is 0 Å². The molecule has 0 radical (unpaired) electrons. The molecule has 1 aromatic heterocycles. The maximum atomic E-state index is 11.2. The van der Waals surface area contributed by atoms with Crippen molar-refractivity contribution < 1.29 is 4.79 Å². The maximum Gasteiger partial charge on any atom is 0.250 e. The van der Waals surface area contributed by atoms with Gasteiger partial charge in [0.2, 0.25) is 5.91 Å². The van der Waals surface area contributed by atoms with Crippen LogP contribution in [0.2, 0.25) is 5.02 Å². The molecule has 0 bridgehead atoms. The summed E-state index contributed by atoms with van der Waals surface area (Å²) in [6, 6.07) is 2.18. The minimum atomic E-state index is -0.490. The Hall–Kier alpha value is -1.29. The Balaban J connectivity index is 1.91. The lowest BCUT2D eigenvalue weighted by molar-refractivity contribution is 0.1000. The zero-order chi connectivity index (χ0) is 14.3.